The van der Waals surface area contributed by atoms with Gasteiger partial charge in [0.2, 0.25) is 0 Å². The van der Waals surface area contributed by atoms with Crippen LogP contribution in [0, 0.1) is 17.6 Å². The van der Waals surface area contributed by atoms with Crippen LogP contribution < -0.4 is 10.6 Å². The van der Waals surface area contributed by atoms with E-state index in [0.717, 1.165) is 36.9 Å². The van der Waals surface area contributed by atoms with E-state index in [-0.39, 0.29) is 23.9 Å². The van der Waals surface area contributed by atoms with Gasteiger partial charge in [-0.1, -0.05) is 19.1 Å². The van der Waals surface area contributed by atoms with Crippen LogP contribution in [0.3, 0.4) is 0 Å². The summed E-state index contributed by atoms with van der Waals surface area (Å²) in [6.45, 7) is 3.20. The van der Waals surface area contributed by atoms with Gasteiger partial charge in [0, 0.05) is 5.56 Å². The van der Waals surface area contributed by atoms with Gasteiger partial charge >= 0.3 is 6.03 Å². The quantitative estimate of drug-likeness (QED) is 0.828. The number of carbonyl (C=O) groups excluding carboxylic acids is 2. The molecule has 2 fully saturated rings. The normalized spacial score (nSPS) is 25.2. The molecule has 0 radical (unpaired) electrons. The van der Waals surface area contributed by atoms with E-state index in [9.17, 15) is 18.4 Å². The van der Waals surface area contributed by atoms with Crippen LogP contribution in [0.4, 0.5) is 13.6 Å². The van der Waals surface area contributed by atoms with Gasteiger partial charge in [-0.15, -0.1) is 0 Å². The Morgan fingerprint density at radius 3 is 2.62 bits per heavy atom. The maximum absolute atomic E-state index is 13.9. The molecular weight excluding hydrogens is 316 g/mol. The number of piperidine rings is 1. The maximum Gasteiger partial charge on any atom is 0.325 e. The highest BCUT2D eigenvalue weighted by Crippen LogP contribution is 2.35. The molecule has 0 aliphatic carbocycles. The summed E-state index contributed by atoms with van der Waals surface area (Å²) in [5, 5.41) is 6.08. The SMILES string of the molecule is CC[C@]1(C2CCNCC2)NC(=O)N(Cc2cccc(F)c2F)C1=O. The molecule has 5 nitrogen and oxygen atoms in total. The third-order valence-electron chi connectivity index (χ3n) is 5.16. The first-order chi connectivity index (χ1) is 11.5. The summed E-state index contributed by atoms with van der Waals surface area (Å²) in [5.41, 5.74) is -0.945. The van der Waals surface area contributed by atoms with Gasteiger partial charge in [0.05, 0.1) is 6.54 Å². The maximum atomic E-state index is 13.9. The number of benzene rings is 1. The molecule has 2 saturated heterocycles. The molecule has 3 rings (SSSR count). The largest absolute Gasteiger partial charge is 0.325 e. The molecule has 0 unspecified atom stereocenters. The van der Waals surface area contributed by atoms with E-state index in [1.807, 2.05) is 6.92 Å². The molecular formula is C17H21F2N3O2. The number of nitrogens with zero attached hydrogens (tertiary/aromatic N) is 1. The van der Waals surface area contributed by atoms with E-state index < -0.39 is 23.2 Å². The van der Waals surface area contributed by atoms with E-state index in [4.69, 9.17) is 0 Å². The van der Waals surface area contributed by atoms with Gasteiger partial charge in [0.1, 0.15) is 5.54 Å². The molecule has 0 aromatic heterocycles. The third-order valence-corrected chi connectivity index (χ3v) is 5.16. The first-order valence-electron chi connectivity index (χ1n) is 8.27. The number of amides is 3. The number of hydrogen-bond acceptors (Lipinski definition) is 3. The molecule has 24 heavy (non-hydrogen) atoms. The molecule has 1 aromatic carbocycles. The second-order valence-corrected chi connectivity index (χ2v) is 6.38. The first kappa shape index (κ1) is 16.8. The van der Waals surface area contributed by atoms with Crippen molar-refractivity contribution < 1.29 is 18.4 Å². The molecule has 2 aliphatic heterocycles. The summed E-state index contributed by atoms with van der Waals surface area (Å²) in [6, 6.07) is 3.22. The zero-order chi connectivity index (χ0) is 17.3. The van der Waals surface area contributed by atoms with Crippen LogP contribution in [-0.4, -0.2) is 35.5 Å². The van der Waals surface area contributed by atoms with Crippen molar-refractivity contribution in [2.75, 3.05) is 13.1 Å². The summed E-state index contributed by atoms with van der Waals surface area (Å²) in [6.07, 6.45) is 2.06. The molecule has 130 valence electrons. The van der Waals surface area contributed by atoms with Crippen molar-refractivity contribution in [1.29, 1.82) is 0 Å². The van der Waals surface area contributed by atoms with E-state index in [1.54, 1.807) is 0 Å². The number of halogens is 2. The fourth-order valence-corrected chi connectivity index (χ4v) is 3.75. The van der Waals surface area contributed by atoms with Crippen LogP contribution in [0.15, 0.2) is 18.2 Å². The fraction of sp³-hybridized carbons (Fsp3) is 0.529. The van der Waals surface area contributed by atoms with Crippen molar-refractivity contribution in [3.63, 3.8) is 0 Å². The summed E-state index contributed by atoms with van der Waals surface area (Å²) in [4.78, 5) is 26.3. The van der Waals surface area contributed by atoms with Crippen molar-refractivity contribution in [1.82, 2.24) is 15.5 Å². The Bertz CT molecular complexity index is 661. The van der Waals surface area contributed by atoms with Gasteiger partial charge in [-0.25, -0.2) is 13.6 Å². The lowest BCUT2D eigenvalue weighted by molar-refractivity contribution is -0.134. The number of hydrogen-bond donors (Lipinski definition) is 2. The summed E-state index contributed by atoms with van der Waals surface area (Å²) in [5.74, 6) is -2.30. The van der Waals surface area contributed by atoms with Crippen LogP contribution in [0.1, 0.15) is 31.7 Å². The molecule has 7 heteroatoms. The minimum absolute atomic E-state index is 0.00397. The first-order valence-corrected chi connectivity index (χ1v) is 8.27. The number of urea groups is 1. The average Bonchev–Trinajstić information content (AvgIpc) is 2.84. The van der Waals surface area contributed by atoms with Gasteiger partial charge in [-0.3, -0.25) is 9.69 Å². The lowest BCUT2D eigenvalue weighted by Gasteiger charge is -2.37. The molecule has 0 bridgehead atoms. The summed E-state index contributed by atoms with van der Waals surface area (Å²) < 4.78 is 27.3. The summed E-state index contributed by atoms with van der Waals surface area (Å²) >= 11 is 0. The minimum atomic E-state index is -1.02. The number of nitrogens with one attached hydrogen (secondary N) is 2. The highest BCUT2D eigenvalue weighted by Gasteiger charge is 2.54. The zero-order valence-electron chi connectivity index (χ0n) is 13.6. The van der Waals surface area contributed by atoms with Crippen molar-refractivity contribution >= 4 is 11.9 Å². The van der Waals surface area contributed by atoms with Crippen molar-refractivity contribution in [2.24, 2.45) is 5.92 Å². The van der Waals surface area contributed by atoms with Gasteiger partial charge in [-0.05, 0) is 44.3 Å². The molecule has 1 aromatic rings. The third kappa shape index (κ3) is 2.66. The Kier molecular flexibility index (Phi) is 4.54. The Balaban J connectivity index is 1.86. The predicted molar refractivity (Wildman–Crippen MR) is 84.1 cm³/mol. The standard InChI is InChI=1S/C17H21F2N3O2/c1-2-17(12-6-8-20-9-7-12)15(23)22(16(24)21-17)10-11-4-3-5-13(18)14(11)19/h3-5,12,20H,2,6-10H2,1H3,(H,21,24)/t17-/m1/s1. The van der Waals surface area contributed by atoms with Crippen molar-refractivity contribution in [3.8, 4) is 0 Å². The lowest BCUT2D eigenvalue weighted by Crippen LogP contribution is -2.55. The van der Waals surface area contributed by atoms with Gasteiger partial charge < -0.3 is 10.6 Å². The molecule has 2 heterocycles. The van der Waals surface area contributed by atoms with Crippen molar-refractivity contribution in [3.05, 3.63) is 35.4 Å². The van der Waals surface area contributed by atoms with E-state index >= 15 is 0 Å². The van der Waals surface area contributed by atoms with Crippen LogP contribution in [0.25, 0.3) is 0 Å². The van der Waals surface area contributed by atoms with Crippen LogP contribution in [-0.2, 0) is 11.3 Å². The van der Waals surface area contributed by atoms with Gasteiger partial charge in [-0.2, -0.15) is 0 Å². The fourth-order valence-electron chi connectivity index (χ4n) is 3.75. The Morgan fingerprint density at radius 2 is 1.96 bits per heavy atom. The Morgan fingerprint density at radius 1 is 1.25 bits per heavy atom. The lowest BCUT2D eigenvalue weighted by atomic mass is 9.76. The molecule has 2 aliphatic rings. The Hall–Kier alpha value is -2.02. The minimum Gasteiger partial charge on any atom is -0.323 e. The second-order valence-electron chi connectivity index (χ2n) is 6.38. The van der Waals surface area contributed by atoms with E-state index in [0.29, 0.717) is 6.42 Å². The number of imide groups is 1. The molecule has 0 spiro atoms. The zero-order valence-corrected chi connectivity index (χ0v) is 13.6. The number of rotatable bonds is 4. The van der Waals surface area contributed by atoms with Gasteiger partial charge in [0.15, 0.2) is 11.6 Å². The molecule has 1 atom stereocenters. The molecule has 3 amide bonds. The van der Waals surface area contributed by atoms with E-state index in [2.05, 4.69) is 10.6 Å². The smallest absolute Gasteiger partial charge is 0.323 e. The second kappa shape index (κ2) is 6.47. The van der Waals surface area contributed by atoms with Crippen LogP contribution in [0.2, 0.25) is 0 Å². The van der Waals surface area contributed by atoms with Crippen molar-refractivity contribution in [2.45, 2.75) is 38.3 Å². The molecule has 0 saturated carbocycles. The summed E-state index contributed by atoms with van der Waals surface area (Å²) in [7, 11) is 0. The monoisotopic (exact) mass is 337 g/mol. The molecule has 2 N–H and O–H groups in total. The highest BCUT2D eigenvalue weighted by molar-refractivity contribution is 6.07. The van der Waals surface area contributed by atoms with Gasteiger partial charge in [0.25, 0.3) is 5.91 Å². The van der Waals surface area contributed by atoms with Crippen LogP contribution in [0.5, 0.6) is 0 Å². The van der Waals surface area contributed by atoms with Crippen LogP contribution >= 0.6 is 0 Å². The average molecular weight is 337 g/mol. The topological polar surface area (TPSA) is 61.4 Å². The van der Waals surface area contributed by atoms with E-state index in [1.165, 1.54) is 12.1 Å². The predicted octanol–water partition coefficient (Wildman–Crippen LogP) is 2.17. The Labute approximate surface area is 139 Å². The number of carbonyl (C=O) groups is 2. The highest BCUT2D eigenvalue weighted by atomic mass is 19.2.